The van der Waals surface area contributed by atoms with Crippen LogP contribution in [0.4, 0.5) is 0 Å². The van der Waals surface area contributed by atoms with Gasteiger partial charge < -0.3 is 14.4 Å². The number of thioether (sulfide) groups is 1. The monoisotopic (exact) mass is 501 g/mol. The Morgan fingerprint density at radius 2 is 1.47 bits per heavy atom. The highest BCUT2D eigenvalue weighted by molar-refractivity contribution is 8.01. The second kappa shape index (κ2) is 14.2. The largest absolute Gasteiger partial charge is 0.380 e. The van der Waals surface area contributed by atoms with Crippen LogP contribution in [0.2, 0.25) is 0 Å². The van der Waals surface area contributed by atoms with Crippen LogP contribution in [-0.4, -0.2) is 65.6 Å². The predicted molar refractivity (Wildman–Crippen MR) is 147 cm³/mol. The van der Waals surface area contributed by atoms with Gasteiger partial charge in [0.25, 0.3) is 0 Å². The maximum atomic E-state index is 13.1. The molecule has 34 heavy (non-hydrogen) atoms. The van der Waals surface area contributed by atoms with Crippen molar-refractivity contribution in [2.75, 3.05) is 33.4 Å². The molecule has 0 aliphatic rings. The Balaban J connectivity index is 4.71. The maximum absolute atomic E-state index is 13.1. The summed E-state index contributed by atoms with van der Waals surface area (Å²) in [5.41, 5.74) is -0.815. The molecule has 0 heterocycles. The maximum Gasteiger partial charge on any atom is 0.225 e. The Morgan fingerprint density at radius 1 is 0.912 bits per heavy atom. The van der Waals surface area contributed by atoms with E-state index in [9.17, 15) is 9.59 Å². The minimum atomic E-state index is -0.458. The molecule has 0 radical (unpaired) electrons. The van der Waals surface area contributed by atoms with E-state index < -0.39 is 5.60 Å². The van der Waals surface area contributed by atoms with Crippen LogP contribution in [0.25, 0.3) is 0 Å². The highest BCUT2D eigenvalue weighted by atomic mass is 32.2. The van der Waals surface area contributed by atoms with Gasteiger partial charge in [0, 0.05) is 43.2 Å². The van der Waals surface area contributed by atoms with Crippen LogP contribution in [0.1, 0.15) is 108 Å². The van der Waals surface area contributed by atoms with Gasteiger partial charge in [0.2, 0.25) is 5.91 Å². The lowest BCUT2D eigenvalue weighted by molar-refractivity contribution is -0.140. The van der Waals surface area contributed by atoms with Crippen molar-refractivity contribution in [3.8, 4) is 0 Å². The molecule has 5 nitrogen and oxygen atoms in total. The van der Waals surface area contributed by atoms with Gasteiger partial charge in [-0.2, -0.15) is 11.8 Å². The van der Waals surface area contributed by atoms with E-state index in [-0.39, 0.29) is 27.3 Å². The summed E-state index contributed by atoms with van der Waals surface area (Å²) in [7, 11) is 1.87. The van der Waals surface area contributed by atoms with Crippen molar-refractivity contribution >= 4 is 23.5 Å². The molecule has 0 saturated heterocycles. The third-order valence-electron chi connectivity index (χ3n) is 6.13. The standard InChI is InChI=1S/C28H55NO4S/c1-13-23(30)17-25(5,6)20-32-21-26(7,8)19-29(12)24(31)18-28(11,14-2)33-16-15-27(9,10)34-22(3)4/h22H,13-21H2,1-12H3. The summed E-state index contributed by atoms with van der Waals surface area (Å²) in [5.74, 6) is 0.365. The third-order valence-corrected chi connectivity index (χ3v) is 7.44. The Hall–Kier alpha value is -0.590. The fraction of sp³-hybridized carbons (Fsp3) is 0.929. The topological polar surface area (TPSA) is 55.8 Å². The minimum absolute atomic E-state index is 0.0992. The average molecular weight is 502 g/mol. The molecular formula is C28H55NO4S. The fourth-order valence-electron chi connectivity index (χ4n) is 4.06. The van der Waals surface area contributed by atoms with Crippen LogP contribution in [0.5, 0.6) is 0 Å². The summed E-state index contributed by atoms with van der Waals surface area (Å²) in [6.45, 7) is 25.7. The zero-order chi connectivity index (χ0) is 26.8. The van der Waals surface area contributed by atoms with Crippen LogP contribution in [0.15, 0.2) is 0 Å². The summed E-state index contributed by atoms with van der Waals surface area (Å²) < 4.78 is 12.4. The molecule has 0 saturated carbocycles. The van der Waals surface area contributed by atoms with Gasteiger partial charge in [0.05, 0.1) is 25.2 Å². The lowest BCUT2D eigenvalue weighted by Gasteiger charge is -2.35. The van der Waals surface area contributed by atoms with Gasteiger partial charge in [-0.05, 0) is 30.4 Å². The summed E-state index contributed by atoms with van der Waals surface area (Å²) in [5, 5.41) is 0.583. The van der Waals surface area contributed by atoms with Crippen molar-refractivity contribution in [2.45, 2.75) is 124 Å². The SMILES string of the molecule is CCC(=O)CC(C)(C)COCC(C)(C)CN(C)C(=O)CC(C)(CC)OCCC(C)(C)SC(C)C. The first-order valence-corrected chi connectivity index (χ1v) is 13.9. The Kier molecular flexibility index (Phi) is 14.0. The molecule has 0 fully saturated rings. The van der Waals surface area contributed by atoms with Crippen LogP contribution in [0.3, 0.4) is 0 Å². The first-order valence-electron chi connectivity index (χ1n) is 13.0. The minimum Gasteiger partial charge on any atom is -0.380 e. The molecule has 1 amide bonds. The zero-order valence-electron chi connectivity index (χ0n) is 24.4. The number of ketones is 1. The van der Waals surface area contributed by atoms with E-state index in [1.807, 2.05) is 30.6 Å². The molecule has 6 heteroatoms. The summed E-state index contributed by atoms with van der Waals surface area (Å²) >= 11 is 1.97. The van der Waals surface area contributed by atoms with Crippen LogP contribution in [-0.2, 0) is 19.1 Å². The molecule has 202 valence electrons. The predicted octanol–water partition coefficient (Wildman–Crippen LogP) is 6.77. The van der Waals surface area contributed by atoms with Gasteiger partial charge in [-0.25, -0.2) is 0 Å². The number of carbonyl (C=O) groups excluding carboxylic acids is 2. The highest BCUT2D eigenvalue weighted by Gasteiger charge is 2.32. The number of ether oxygens (including phenoxy) is 2. The van der Waals surface area contributed by atoms with Gasteiger partial charge in [0.1, 0.15) is 5.78 Å². The fourth-order valence-corrected chi connectivity index (χ4v) is 5.54. The third kappa shape index (κ3) is 14.7. The molecule has 0 rings (SSSR count). The second-order valence-electron chi connectivity index (χ2n) is 12.6. The van der Waals surface area contributed by atoms with E-state index in [1.54, 1.807) is 0 Å². The lowest BCUT2D eigenvalue weighted by atomic mass is 9.87. The van der Waals surface area contributed by atoms with Crippen molar-refractivity contribution < 1.29 is 19.1 Å². The first kappa shape index (κ1) is 33.4. The molecule has 0 aromatic heterocycles. The van der Waals surface area contributed by atoms with Crippen LogP contribution in [0, 0.1) is 10.8 Å². The summed E-state index contributed by atoms with van der Waals surface area (Å²) in [6.07, 6.45) is 3.23. The summed E-state index contributed by atoms with van der Waals surface area (Å²) in [6, 6.07) is 0. The van der Waals surface area contributed by atoms with Crippen molar-refractivity contribution in [3.05, 3.63) is 0 Å². The smallest absolute Gasteiger partial charge is 0.225 e. The van der Waals surface area contributed by atoms with E-state index in [1.165, 1.54) is 0 Å². The molecule has 1 atom stereocenters. The first-order chi connectivity index (χ1) is 15.4. The molecule has 0 aromatic carbocycles. The number of amides is 1. The molecule has 0 N–H and O–H groups in total. The van der Waals surface area contributed by atoms with E-state index in [0.29, 0.717) is 50.9 Å². The highest BCUT2D eigenvalue weighted by Crippen LogP contribution is 2.33. The van der Waals surface area contributed by atoms with Crippen LogP contribution >= 0.6 is 11.8 Å². The van der Waals surface area contributed by atoms with E-state index in [0.717, 1.165) is 12.8 Å². The van der Waals surface area contributed by atoms with Crippen LogP contribution < -0.4 is 0 Å². The molecule has 0 aromatic rings. The van der Waals surface area contributed by atoms with Gasteiger partial charge in [-0.1, -0.05) is 69.2 Å². The normalized spacial score (nSPS) is 14.9. The molecule has 0 aliphatic heterocycles. The molecule has 0 bridgehead atoms. The van der Waals surface area contributed by atoms with Crippen molar-refractivity contribution in [1.29, 1.82) is 0 Å². The second-order valence-corrected chi connectivity index (χ2v) is 14.9. The van der Waals surface area contributed by atoms with Gasteiger partial charge in [-0.15, -0.1) is 0 Å². The zero-order valence-corrected chi connectivity index (χ0v) is 25.2. The molecule has 0 aliphatic carbocycles. The van der Waals surface area contributed by atoms with Gasteiger partial charge in [-0.3, -0.25) is 9.59 Å². The summed E-state index contributed by atoms with van der Waals surface area (Å²) in [4.78, 5) is 26.7. The van der Waals surface area contributed by atoms with E-state index in [2.05, 4.69) is 69.2 Å². The van der Waals surface area contributed by atoms with Gasteiger partial charge in [0.15, 0.2) is 0 Å². The number of hydrogen-bond acceptors (Lipinski definition) is 5. The quantitative estimate of drug-likeness (QED) is 0.207. The number of Topliss-reactive ketones (excluding diaryl/α,β-unsaturated/α-hetero) is 1. The number of hydrogen-bond donors (Lipinski definition) is 0. The van der Waals surface area contributed by atoms with E-state index >= 15 is 0 Å². The molecule has 0 spiro atoms. The van der Waals surface area contributed by atoms with Gasteiger partial charge >= 0.3 is 0 Å². The number of carbonyl (C=O) groups is 2. The van der Waals surface area contributed by atoms with Crippen molar-refractivity contribution in [1.82, 2.24) is 4.90 Å². The van der Waals surface area contributed by atoms with Crippen molar-refractivity contribution in [2.24, 2.45) is 10.8 Å². The number of nitrogens with zero attached hydrogens (tertiary/aromatic N) is 1. The average Bonchev–Trinajstić information content (AvgIpc) is 2.65. The Labute approximate surface area is 215 Å². The Morgan fingerprint density at radius 3 is 1.97 bits per heavy atom. The molecule has 1 unspecified atom stereocenters. The number of rotatable bonds is 18. The Bertz CT molecular complexity index is 630. The van der Waals surface area contributed by atoms with Crippen molar-refractivity contribution in [3.63, 3.8) is 0 Å². The molecular weight excluding hydrogens is 446 g/mol. The van der Waals surface area contributed by atoms with E-state index in [4.69, 9.17) is 9.47 Å². The lowest BCUT2D eigenvalue weighted by Crippen LogP contribution is -2.43.